The van der Waals surface area contributed by atoms with Crippen LogP contribution in [0.4, 0.5) is 0 Å². The fourth-order valence-corrected chi connectivity index (χ4v) is 3.46. The Kier molecular flexibility index (Phi) is 4.70. The Morgan fingerprint density at radius 1 is 1.52 bits per heavy atom. The number of hydrogen-bond donors (Lipinski definition) is 1. The normalized spacial score (nSPS) is 21.5. The first-order valence-corrected chi connectivity index (χ1v) is 8.12. The lowest BCUT2D eigenvalue weighted by atomic mass is 10.1. The number of thiophene rings is 1. The Labute approximate surface area is 128 Å². The predicted octanol–water partition coefficient (Wildman–Crippen LogP) is 1.81. The summed E-state index contributed by atoms with van der Waals surface area (Å²) in [5, 5.41) is 16.6. The van der Waals surface area contributed by atoms with E-state index >= 15 is 0 Å². The Bertz CT molecular complexity index is 555. The zero-order valence-corrected chi connectivity index (χ0v) is 13.0. The lowest BCUT2D eigenvalue weighted by Crippen LogP contribution is -2.45. The number of aliphatic hydroxyl groups excluding tert-OH is 1. The van der Waals surface area contributed by atoms with E-state index in [9.17, 15) is 5.11 Å². The molecule has 0 spiro atoms. The molecule has 0 radical (unpaired) electrons. The van der Waals surface area contributed by atoms with Crippen molar-refractivity contribution in [2.45, 2.75) is 25.1 Å². The molecule has 2 aromatic rings. The summed E-state index contributed by atoms with van der Waals surface area (Å²) in [4.78, 5) is 3.42. The third-order valence-corrected chi connectivity index (χ3v) is 4.98. The van der Waals surface area contributed by atoms with E-state index in [-0.39, 0.29) is 6.04 Å². The summed E-state index contributed by atoms with van der Waals surface area (Å²) in [5.41, 5.74) is 1.19. The van der Waals surface area contributed by atoms with Gasteiger partial charge in [0.25, 0.3) is 0 Å². The maximum absolute atomic E-state index is 10.4. The monoisotopic (exact) mass is 307 g/mol. The highest BCUT2D eigenvalue weighted by atomic mass is 32.1. The molecule has 0 saturated carbocycles. The fraction of sp³-hybridized carbons (Fsp3) is 0.533. The molecule has 3 heterocycles. The molecule has 21 heavy (non-hydrogen) atoms. The Morgan fingerprint density at radius 3 is 3.14 bits per heavy atom. The standard InChI is InChI=1S/C15H21N3O2S/c1-17-12(4-5-16-17)10-18-6-7-20-11-13(18)9-14(19)15-3-2-8-21-15/h2-5,8,13-14,19H,6-7,9-11H2,1H3. The zero-order valence-electron chi connectivity index (χ0n) is 12.2. The van der Waals surface area contributed by atoms with Gasteiger partial charge in [0.1, 0.15) is 0 Å². The number of aryl methyl sites for hydroxylation is 1. The molecule has 1 saturated heterocycles. The maximum Gasteiger partial charge on any atom is 0.0897 e. The van der Waals surface area contributed by atoms with Gasteiger partial charge in [-0.05, 0) is 23.9 Å². The van der Waals surface area contributed by atoms with Gasteiger partial charge < -0.3 is 9.84 Å². The van der Waals surface area contributed by atoms with E-state index in [2.05, 4.69) is 10.00 Å². The second-order valence-electron chi connectivity index (χ2n) is 5.41. The number of morpholine rings is 1. The first kappa shape index (κ1) is 14.7. The minimum absolute atomic E-state index is 0.241. The van der Waals surface area contributed by atoms with E-state index in [1.165, 1.54) is 5.69 Å². The molecule has 2 atom stereocenters. The number of rotatable bonds is 5. The van der Waals surface area contributed by atoms with Gasteiger partial charge in [0.2, 0.25) is 0 Å². The van der Waals surface area contributed by atoms with Gasteiger partial charge in [0.05, 0.1) is 25.0 Å². The Morgan fingerprint density at radius 2 is 2.43 bits per heavy atom. The van der Waals surface area contributed by atoms with Crippen LogP contribution in [0.15, 0.2) is 29.8 Å². The summed E-state index contributed by atoms with van der Waals surface area (Å²) in [6.45, 7) is 3.18. The van der Waals surface area contributed by atoms with E-state index in [1.807, 2.05) is 41.5 Å². The highest BCUT2D eigenvalue weighted by Crippen LogP contribution is 2.26. The van der Waals surface area contributed by atoms with E-state index < -0.39 is 6.10 Å². The minimum Gasteiger partial charge on any atom is -0.388 e. The summed E-state index contributed by atoms with van der Waals surface area (Å²) in [7, 11) is 1.96. The van der Waals surface area contributed by atoms with Gasteiger partial charge in [0, 0.05) is 37.3 Å². The second-order valence-corrected chi connectivity index (χ2v) is 6.39. The lowest BCUT2D eigenvalue weighted by molar-refractivity contribution is -0.0305. The van der Waals surface area contributed by atoms with Crippen molar-refractivity contribution in [3.05, 3.63) is 40.3 Å². The molecule has 2 aromatic heterocycles. The molecule has 0 aromatic carbocycles. The molecule has 1 fully saturated rings. The molecule has 0 aliphatic carbocycles. The van der Waals surface area contributed by atoms with Crippen molar-refractivity contribution in [3.63, 3.8) is 0 Å². The van der Waals surface area contributed by atoms with Crippen molar-refractivity contribution >= 4 is 11.3 Å². The average Bonchev–Trinajstić information content (AvgIpc) is 3.13. The number of aliphatic hydroxyl groups is 1. The average molecular weight is 307 g/mol. The van der Waals surface area contributed by atoms with Crippen molar-refractivity contribution in [1.29, 1.82) is 0 Å². The van der Waals surface area contributed by atoms with Crippen molar-refractivity contribution in [3.8, 4) is 0 Å². The molecule has 1 aliphatic heterocycles. The molecule has 0 amide bonds. The molecule has 114 valence electrons. The number of aromatic nitrogens is 2. The third-order valence-electron chi connectivity index (χ3n) is 4.00. The molecule has 3 rings (SSSR count). The van der Waals surface area contributed by atoms with Crippen molar-refractivity contribution in [2.24, 2.45) is 7.05 Å². The van der Waals surface area contributed by atoms with Crippen LogP contribution in [0.25, 0.3) is 0 Å². The maximum atomic E-state index is 10.4. The van der Waals surface area contributed by atoms with Gasteiger partial charge in [-0.3, -0.25) is 9.58 Å². The fourth-order valence-electron chi connectivity index (χ4n) is 2.73. The van der Waals surface area contributed by atoms with Crippen LogP contribution in [-0.4, -0.2) is 45.6 Å². The SMILES string of the molecule is Cn1nccc1CN1CCOCC1CC(O)c1cccs1. The smallest absolute Gasteiger partial charge is 0.0897 e. The molecule has 1 N–H and O–H groups in total. The van der Waals surface area contributed by atoms with Crippen LogP contribution in [0.1, 0.15) is 23.1 Å². The molecular weight excluding hydrogens is 286 g/mol. The van der Waals surface area contributed by atoms with E-state index in [0.717, 1.165) is 24.6 Å². The first-order valence-electron chi connectivity index (χ1n) is 7.24. The zero-order chi connectivity index (χ0) is 14.7. The van der Waals surface area contributed by atoms with E-state index in [0.29, 0.717) is 13.0 Å². The number of nitrogens with zero attached hydrogens (tertiary/aromatic N) is 3. The molecular formula is C15H21N3O2S. The Hall–Kier alpha value is -1.21. The van der Waals surface area contributed by atoms with Gasteiger partial charge >= 0.3 is 0 Å². The summed E-state index contributed by atoms with van der Waals surface area (Å²) < 4.78 is 7.51. The molecule has 6 heteroatoms. The molecule has 5 nitrogen and oxygen atoms in total. The van der Waals surface area contributed by atoms with Gasteiger partial charge in [0.15, 0.2) is 0 Å². The van der Waals surface area contributed by atoms with Crippen LogP contribution in [0.2, 0.25) is 0 Å². The van der Waals surface area contributed by atoms with Gasteiger partial charge in [-0.1, -0.05) is 6.07 Å². The topological polar surface area (TPSA) is 50.5 Å². The third kappa shape index (κ3) is 3.52. The molecule has 0 bridgehead atoms. The lowest BCUT2D eigenvalue weighted by Gasteiger charge is -2.36. The van der Waals surface area contributed by atoms with Crippen LogP contribution in [0.5, 0.6) is 0 Å². The summed E-state index contributed by atoms with van der Waals surface area (Å²) in [6, 6.07) is 6.26. The van der Waals surface area contributed by atoms with E-state index in [4.69, 9.17) is 4.74 Å². The summed E-state index contributed by atoms with van der Waals surface area (Å²) in [5.74, 6) is 0. The largest absolute Gasteiger partial charge is 0.388 e. The van der Waals surface area contributed by atoms with Crippen LogP contribution >= 0.6 is 11.3 Å². The van der Waals surface area contributed by atoms with Gasteiger partial charge in [-0.25, -0.2) is 0 Å². The molecule has 1 aliphatic rings. The summed E-state index contributed by atoms with van der Waals surface area (Å²) >= 11 is 1.61. The van der Waals surface area contributed by atoms with Crippen LogP contribution in [0, 0.1) is 0 Å². The van der Waals surface area contributed by atoms with Crippen molar-refractivity contribution in [2.75, 3.05) is 19.8 Å². The summed E-state index contributed by atoms with van der Waals surface area (Å²) in [6.07, 6.45) is 2.12. The van der Waals surface area contributed by atoms with E-state index in [1.54, 1.807) is 11.3 Å². The molecule has 2 unspecified atom stereocenters. The van der Waals surface area contributed by atoms with Gasteiger partial charge in [-0.15, -0.1) is 11.3 Å². The highest BCUT2D eigenvalue weighted by molar-refractivity contribution is 7.10. The van der Waals surface area contributed by atoms with Gasteiger partial charge in [-0.2, -0.15) is 5.10 Å². The number of hydrogen-bond acceptors (Lipinski definition) is 5. The minimum atomic E-state index is -0.411. The Balaban J connectivity index is 1.65. The van der Waals surface area contributed by atoms with Crippen molar-refractivity contribution in [1.82, 2.24) is 14.7 Å². The first-order chi connectivity index (χ1) is 10.2. The van der Waals surface area contributed by atoms with Crippen LogP contribution in [-0.2, 0) is 18.3 Å². The quantitative estimate of drug-likeness (QED) is 0.915. The highest BCUT2D eigenvalue weighted by Gasteiger charge is 2.26. The predicted molar refractivity (Wildman–Crippen MR) is 82.1 cm³/mol. The van der Waals surface area contributed by atoms with Crippen LogP contribution in [0.3, 0.4) is 0 Å². The van der Waals surface area contributed by atoms with Crippen LogP contribution < -0.4 is 0 Å². The second kappa shape index (κ2) is 6.70. The van der Waals surface area contributed by atoms with Crippen molar-refractivity contribution < 1.29 is 9.84 Å². The number of ether oxygens (including phenoxy) is 1.